The first-order valence-electron chi connectivity index (χ1n) is 7.16. The molecule has 5 heteroatoms. The predicted molar refractivity (Wildman–Crippen MR) is 73.6 cm³/mol. The Balaban J connectivity index is 2.37. The molecular weight excluding hydrogens is 244 g/mol. The lowest BCUT2D eigenvalue weighted by Crippen LogP contribution is -2.30. The lowest BCUT2D eigenvalue weighted by Gasteiger charge is -2.22. The third-order valence-corrected chi connectivity index (χ3v) is 4.10. The zero-order chi connectivity index (χ0) is 14.4. The molecule has 1 fully saturated rings. The minimum atomic E-state index is -0.793. The summed E-state index contributed by atoms with van der Waals surface area (Å²) in [5.41, 5.74) is 5.59. The van der Waals surface area contributed by atoms with Crippen molar-refractivity contribution in [1.29, 1.82) is 0 Å². The second kappa shape index (κ2) is 7.48. The van der Waals surface area contributed by atoms with Crippen LogP contribution in [0, 0.1) is 17.8 Å². The van der Waals surface area contributed by atoms with Gasteiger partial charge in [-0.05, 0) is 37.6 Å². The molecule has 0 aliphatic carbocycles. The van der Waals surface area contributed by atoms with Gasteiger partial charge in [-0.1, -0.05) is 13.8 Å². The third kappa shape index (κ3) is 4.82. The highest BCUT2D eigenvalue weighted by molar-refractivity contribution is 5.78. The van der Waals surface area contributed by atoms with E-state index in [0.717, 1.165) is 12.8 Å². The fraction of sp³-hybridized carbons (Fsp3) is 0.857. The molecule has 110 valence electrons. The summed E-state index contributed by atoms with van der Waals surface area (Å²) in [6.07, 6.45) is 2.89. The Morgan fingerprint density at radius 3 is 2.53 bits per heavy atom. The highest BCUT2D eigenvalue weighted by atomic mass is 16.4. The van der Waals surface area contributed by atoms with Crippen molar-refractivity contribution in [2.75, 3.05) is 19.6 Å². The number of carbonyl (C=O) groups is 2. The SMILES string of the molecule is CC(C)C(CCN)CCC(=O)N1CCC(C(=O)O)C1. The van der Waals surface area contributed by atoms with Gasteiger partial charge in [-0.15, -0.1) is 0 Å². The van der Waals surface area contributed by atoms with E-state index in [1.165, 1.54) is 0 Å². The van der Waals surface area contributed by atoms with Crippen molar-refractivity contribution in [3.63, 3.8) is 0 Å². The zero-order valence-corrected chi connectivity index (χ0v) is 12.0. The molecule has 3 N–H and O–H groups in total. The van der Waals surface area contributed by atoms with Gasteiger partial charge in [0.1, 0.15) is 0 Å². The van der Waals surface area contributed by atoms with Crippen LogP contribution in [0.5, 0.6) is 0 Å². The van der Waals surface area contributed by atoms with E-state index >= 15 is 0 Å². The number of carboxylic acids is 1. The summed E-state index contributed by atoms with van der Waals surface area (Å²) in [4.78, 5) is 24.6. The fourth-order valence-corrected chi connectivity index (χ4v) is 2.68. The van der Waals surface area contributed by atoms with Crippen LogP contribution in [-0.2, 0) is 9.59 Å². The summed E-state index contributed by atoms with van der Waals surface area (Å²) < 4.78 is 0. The van der Waals surface area contributed by atoms with E-state index in [0.29, 0.717) is 44.3 Å². The molecule has 0 aromatic heterocycles. The monoisotopic (exact) mass is 270 g/mol. The van der Waals surface area contributed by atoms with Crippen LogP contribution < -0.4 is 5.73 Å². The van der Waals surface area contributed by atoms with Crippen molar-refractivity contribution in [2.24, 2.45) is 23.5 Å². The van der Waals surface area contributed by atoms with Gasteiger partial charge in [0, 0.05) is 19.5 Å². The summed E-state index contributed by atoms with van der Waals surface area (Å²) in [5, 5.41) is 8.92. The number of carbonyl (C=O) groups excluding carboxylic acids is 1. The van der Waals surface area contributed by atoms with Crippen molar-refractivity contribution in [3.8, 4) is 0 Å². The lowest BCUT2D eigenvalue weighted by molar-refractivity contribution is -0.141. The van der Waals surface area contributed by atoms with Crippen molar-refractivity contribution in [3.05, 3.63) is 0 Å². The van der Waals surface area contributed by atoms with Gasteiger partial charge in [-0.25, -0.2) is 0 Å². The Kier molecular flexibility index (Phi) is 6.28. The summed E-state index contributed by atoms with van der Waals surface area (Å²) in [7, 11) is 0. The molecule has 5 nitrogen and oxygen atoms in total. The van der Waals surface area contributed by atoms with Crippen LogP contribution in [0.4, 0.5) is 0 Å². The molecule has 0 aromatic carbocycles. The molecule has 1 aliphatic heterocycles. The predicted octanol–water partition coefficient (Wildman–Crippen LogP) is 1.32. The number of nitrogens with two attached hydrogens (primary N) is 1. The number of aliphatic carboxylic acids is 1. The van der Waals surface area contributed by atoms with Crippen LogP contribution in [0.25, 0.3) is 0 Å². The maximum atomic E-state index is 12.0. The first kappa shape index (κ1) is 16.0. The molecule has 0 bridgehead atoms. The van der Waals surface area contributed by atoms with Gasteiger partial charge in [0.05, 0.1) is 5.92 Å². The van der Waals surface area contributed by atoms with Crippen LogP contribution in [0.1, 0.15) is 39.5 Å². The summed E-state index contributed by atoms with van der Waals surface area (Å²) in [5.74, 6) is -0.0766. The minimum Gasteiger partial charge on any atom is -0.481 e. The van der Waals surface area contributed by atoms with Gasteiger partial charge in [-0.3, -0.25) is 9.59 Å². The molecule has 1 saturated heterocycles. The number of nitrogens with zero attached hydrogens (tertiary/aromatic N) is 1. The molecule has 0 aromatic rings. The van der Waals surface area contributed by atoms with Crippen LogP contribution in [0.3, 0.4) is 0 Å². The van der Waals surface area contributed by atoms with Crippen molar-refractivity contribution < 1.29 is 14.7 Å². The molecule has 1 rings (SSSR count). The maximum absolute atomic E-state index is 12.0. The van der Waals surface area contributed by atoms with Gasteiger partial charge >= 0.3 is 5.97 Å². The molecule has 1 aliphatic rings. The first-order chi connectivity index (χ1) is 8.95. The molecular formula is C14H26N2O3. The summed E-state index contributed by atoms with van der Waals surface area (Å²) >= 11 is 0. The Morgan fingerprint density at radius 2 is 2.05 bits per heavy atom. The van der Waals surface area contributed by atoms with Gasteiger partial charge in [-0.2, -0.15) is 0 Å². The maximum Gasteiger partial charge on any atom is 0.308 e. The average Bonchev–Trinajstić information content (AvgIpc) is 2.83. The van der Waals surface area contributed by atoms with E-state index in [1.807, 2.05) is 0 Å². The van der Waals surface area contributed by atoms with E-state index in [2.05, 4.69) is 13.8 Å². The number of rotatable bonds is 7. The van der Waals surface area contributed by atoms with Crippen LogP contribution in [-0.4, -0.2) is 41.5 Å². The Hall–Kier alpha value is -1.10. The Labute approximate surface area is 115 Å². The normalized spacial score (nSPS) is 20.8. The smallest absolute Gasteiger partial charge is 0.308 e. The average molecular weight is 270 g/mol. The fourth-order valence-electron chi connectivity index (χ4n) is 2.68. The number of hydrogen-bond donors (Lipinski definition) is 2. The number of likely N-dealkylation sites (tertiary alicyclic amines) is 1. The largest absolute Gasteiger partial charge is 0.481 e. The highest BCUT2D eigenvalue weighted by Gasteiger charge is 2.30. The van der Waals surface area contributed by atoms with Gasteiger partial charge in [0.15, 0.2) is 0 Å². The standard InChI is InChI=1S/C14H26N2O3/c1-10(2)11(5-7-15)3-4-13(17)16-8-6-12(9-16)14(18)19/h10-12H,3-9,15H2,1-2H3,(H,18,19). The summed E-state index contributed by atoms with van der Waals surface area (Å²) in [6.45, 7) is 5.92. The Bertz CT molecular complexity index is 318. The number of hydrogen-bond acceptors (Lipinski definition) is 3. The van der Waals surface area contributed by atoms with E-state index in [1.54, 1.807) is 4.90 Å². The highest BCUT2D eigenvalue weighted by Crippen LogP contribution is 2.23. The molecule has 0 spiro atoms. The molecule has 0 saturated carbocycles. The van der Waals surface area contributed by atoms with Gasteiger partial charge in [0.25, 0.3) is 0 Å². The Morgan fingerprint density at radius 1 is 1.37 bits per heavy atom. The van der Waals surface area contributed by atoms with Crippen LogP contribution >= 0.6 is 0 Å². The lowest BCUT2D eigenvalue weighted by atomic mass is 9.88. The summed E-state index contributed by atoms with van der Waals surface area (Å²) in [6, 6.07) is 0. The van der Waals surface area contributed by atoms with Crippen molar-refractivity contribution >= 4 is 11.9 Å². The topological polar surface area (TPSA) is 83.6 Å². The zero-order valence-electron chi connectivity index (χ0n) is 12.0. The van der Waals surface area contributed by atoms with Crippen molar-refractivity contribution in [1.82, 2.24) is 4.90 Å². The second-order valence-electron chi connectivity index (χ2n) is 5.78. The quantitative estimate of drug-likeness (QED) is 0.731. The number of amides is 1. The van der Waals surface area contributed by atoms with E-state index in [4.69, 9.17) is 10.8 Å². The van der Waals surface area contributed by atoms with Crippen molar-refractivity contribution in [2.45, 2.75) is 39.5 Å². The molecule has 2 unspecified atom stereocenters. The molecule has 19 heavy (non-hydrogen) atoms. The van der Waals surface area contributed by atoms with Gasteiger partial charge < -0.3 is 15.7 Å². The third-order valence-electron chi connectivity index (χ3n) is 4.10. The molecule has 1 amide bonds. The van der Waals surface area contributed by atoms with E-state index in [-0.39, 0.29) is 11.8 Å². The molecule has 0 radical (unpaired) electrons. The molecule has 1 heterocycles. The second-order valence-corrected chi connectivity index (χ2v) is 5.78. The van der Waals surface area contributed by atoms with Gasteiger partial charge in [0.2, 0.25) is 5.91 Å². The van der Waals surface area contributed by atoms with E-state index < -0.39 is 5.97 Å². The van der Waals surface area contributed by atoms with Crippen LogP contribution in [0.2, 0.25) is 0 Å². The van der Waals surface area contributed by atoms with Crippen LogP contribution in [0.15, 0.2) is 0 Å². The minimum absolute atomic E-state index is 0.0893. The first-order valence-corrected chi connectivity index (χ1v) is 7.16. The number of carboxylic acid groups (broad SMARTS) is 1. The van der Waals surface area contributed by atoms with E-state index in [9.17, 15) is 9.59 Å². The molecule has 2 atom stereocenters.